The van der Waals surface area contributed by atoms with E-state index in [2.05, 4.69) is 15.4 Å². The molecule has 0 aliphatic rings. The van der Waals surface area contributed by atoms with E-state index >= 15 is 0 Å². The van der Waals surface area contributed by atoms with Crippen molar-refractivity contribution in [2.24, 2.45) is 0 Å². The van der Waals surface area contributed by atoms with E-state index in [-0.39, 0.29) is 6.10 Å². The molecule has 0 aliphatic carbocycles. The number of hydrogen-bond donors (Lipinski definition) is 1. The Balaban J connectivity index is 2.17. The number of hydrogen-bond acceptors (Lipinski definition) is 4. The average Bonchev–Trinajstić information content (AvgIpc) is 2.73. The van der Waals surface area contributed by atoms with Gasteiger partial charge in [-0.15, -0.1) is 0 Å². The zero-order chi connectivity index (χ0) is 15.4. The van der Waals surface area contributed by atoms with Crippen LogP contribution in [0.4, 0.5) is 5.69 Å². The summed E-state index contributed by atoms with van der Waals surface area (Å²) in [6, 6.07) is 3.82. The van der Waals surface area contributed by atoms with Crippen LogP contribution in [-0.4, -0.2) is 20.9 Å². The van der Waals surface area contributed by atoms with E-state index in [4.69, 9.17) is 16.3 Å². The molecule has 0 unspecified atom stereocenters. The second-order valence-corrected chi connectivity index (χ2v) is 5.42. The van der Waals surface area contributed by atoms with Gasteiger partial charge in [0.05, 0.1) is 34.7 Å². The molecule has 0 saturated carbocycles. The summed E-state index contributed by atoms with van der Waals surface area (Å²) in [4.78, 5) is 4.26. The number of rotatable bonds is 6. The van der Waals surface area contributed by atoms with Crippen LogP contribution in [0.15, 0.2) is 18.3 Å². The molecule has 0 amide bonds. The second kappa shape index (κ2) is 6.80. The van der Waals surface area contributed by atoms with Crippen LogP contribution in [0, 0.1) is 6.92 Å². The van der Waals surface area contributed by atoms with Crippen molar-refractivity contribution in [3.8, 4) is 5.88 Å². The van der Waals surface area contributed by atoms with Gasteiger partial charge >= 0.3 is 0 Å². The SMILES string of the molecule is CCn1nc(C)c(Cl)c1CNc1cccnc1OC(C)C. The van der Waals surface area contributed by atoms with Gasteiger partial charge in [0.25, 0.3) is 0 Å². The molecule has 114 valence electrons. The van der Waals surface area contributed by atoms with E-state index in [0.717, 1.165) is 23.6 Å². The molecule has 0 saturated heterocycles. The maximum Gasteiger partial charge on any atom is 0.237 e. The van der Waals surface area contributed by atoms with Crippen LogP contribution in [0.25, 0.3) is 0 Å². The Kier molecular flexibility index (Phi) is 5.07. The summed E-state index contributed by atoms with van der Waals surface area (Å²) >= 11 is 6.31. The highest BCUT2D eigenvalue weighted by molar-refractivity contribution is 6.31. The Morgan fingerprint density at radius 3 is 2.86 bits per heavy atom. The lowest BCUT2D eigenvalue weighted by atomic mass is 10.3. The zero-order valence-electron chi connectivity index (χ0n) is 12.9. The van der Waals surface area contributed by atoms with Crippen molar-refractivity contribution >= 4 is 17.3 Å². The molecular formula is C15H21ClN4O. The quantitative estimate of drug-likeness (QED) is 0.885. The third-order valence-electron chi connectivity index (χ3n) is 3.02. The molecule has 0 fully saturated rings. The molecule has 2 aromatic rings. The maximum absolute atomic E-state index is 6.31. The van der Waals surface area contributed by atoms with E-state index in [1.807, 2.05) is 44.5 Å². The van der Waals surface area contributed by atoms with Gasteiger partial charge in [-0.05, 0) is 39.8 Å². The minimum absolute atomic E-state index is 0.0763. The van der Waals surface area contributed by atoms with E-state index in [1.165, 1.54) is 0 Å². The van der Waals surface area contributed by atoms with Crippen LogP contribution in [0.2, 0.25) is 5.02 Å². The second-order valence-electron chi connectivity index (χ2n) is 5.04. The topological polar surface area (TPSA) is 52.0 Å². The fraction of sp³-hybridized carbons (Fsp3) is 0.467. The maximum atomic E-state index is 6.31. The van der Waals surface area contributed by atoms with Gasteiger partial charge < -0.3 is 10.1 Å². The molecule has 6 heteroatoms. The normalized spacial score (nSPS) is 11.0. The van der Waals surface area contributed by atoms with Crippen molar-refractivity contribution in [3.63, 3.8) is 0 Å². The lowest BCUT2D eigenvalue weighted by Gasteiger charge is -2.14. The summed E-state index contributed by atoms with van der Waals surface area (Å²) in [5, 5.41) is 8.45. The fourth-order valence-corrected chi connectivity index (χ4v) is 2.26. The van der Waals surface area contributed by atoms with Crippen molar-refractivity contribution in [3.05, 3.63) is 34.7 Å². The zero-order valence-corrected chi connectivity index (χ0v) is 13.6. The van der Waals surface area contributed by atoms with Gasteiger partial charge in [-0.1, -0.05) is 11.6 Å². The highest BCUT2D eigenvalue weighted by Gasteiger charge is 2.13. The Morgan fingerprint density at radius 2 is 2.19 bits per heavy atom. The third kappa shape index (κ3) is 3.67. The van der Waals surface area contributed by atoms with Gasteiger partial charge in [-0.2, -0.15) is 5.10 Å². The molecule has 5 nitrogen and oxygen atoms in total. The van der Waals surface area contributed by atoms with E-state index in [9.17, 15) is 0 Å². The van der Waals surface area contributed by atoms with Gasteiger partial charge in [-0.25, -0.2) is 4.98 Å². The highest BCUT2D eigenvalue weighted by atomic mass is 35.5. The van der Waals surface area contributed by atoms with Gasteiger partial charge in [-0.3, -0.25) is 4.68 Å². The van der Waals surface area contributed by atoms with Crippen LogP contribution in [0.3, 0.4) is 0 Å². The molecule has 2 heterocycles. The highest BCUT2D eigenvalue weighted by Crippen LogP contribution is 2.25. The van der Waals surface area contributed by atoms with Gasteiger partial charge in [0.1, 0.15) is 0 Å². The molecule has 21 heavy (non-hydrogen) atoms. The lowest BCUT2D eigenvalue weighted by Crippen LogP contribution is -2.12. The number of anilines is 1. The van der Waals surface area contributed by atoms with Crippen molar-refractivity contribution in [1.82, 2.24) is 14.8 Å². The summed E-state index contributed by atoms with van der Waals surface area (Å²) in [7, 11) is 0. The summed E-state index contributed by atoms with van der Waals surface area (Å²) < 4.78 is 7.60. The first-order valence-corrected chi connectivity index (χ1v) is 7.48. The molecule has 0 aliphatic heterocycles. The molecule has 2 aromatic heterocycles. The number of nitrogens with zero attached hydrogens (tertiary/aromatic N) is 3. The predicted molar refractivity (Wildman–Crippen MR) is 85.0 cm³/mol. The third-order valence-corrected chi connectivity index (χ3v) is 3.51. The molecule has 0 spiro atoms. The first-order valence-electron chi connectivity index (χ1n) is 7.10. The molecule has 0 atom stereocenters. The summed E-state index contributed by atoms with van der Waals surface area (Å²) in [6.07, 6.45) is 1.79. The molecule has 0 bridgehead atoms. The van der Waals surface area contributed by atoms with Crippen molar-refractivity contribution in [2.75, 3.05) is 5.32 Å². The average molecular weight is 309 g/mol. The summed E-state index contributed by atoms with van der Waals surface area (Å²) in [6.45, 7) is 9.27. The smallest absolute Gasteiger partial charge is 0.237 e. The van der Waals surface area contributed by atoms with Crippen molar-refractivity contribution in [2.45, 2.75) is 46.9 Å². The Hall–Kier alpha value is -1.75. The molecular weight excluding hydrogens is 288 g/mol. The van der Waals surface area contributed by atoms with E-state index in [1.54, 1.807) is 6.20 Å². The molecule has 0 radical (unpaired) electrons. The van der Waals surface area contributed by atoms with Crippen LogP contribution >= 0.6 is 11.6 Å². The van der Waals surface area contributed by atoms with Crippen LogP contribution in [0.5, 0.6) is 5.88 Å². The van der Waals surface area contributed by atoms with Gasteiger partial charge in [0.15, 0.2) is 0 Å². The standard InChI is InChI=1S/C15H21ClN4O/c1-5-20-13(14(16)11(4)19-20)9-18-12-7-6-8-17-15(12)21-10(2)3/h6-8,10,18H,5,9H2,1-4H3. The number of pyridine rings is 1. The van der Waals surface area contributed by atoms with Crippen LogP contribution < -0.4 is 10.1 Å². The minimum atomic E-state index is 0.0763. The van der Waals surface area contributed by atoms with Crippen LogP contribution in [-0.2, 0) is 13.1 Å². The Morgan fingerprint density at radius 1 is 1.43 bits per heavy atom. The molecule has 0 aromatic carbocycles. The predicted octanol–water partition coefficient (Wildman–Crippen LogP) is 3.66. The number of nitrogens with one attached hydrogen (secondary N) is 1. The lowest BCUT2D eigenvalue weighted by molar-refractivity contribution is 0.234. The molecule has 1 N–H and O–H groups in total. The van der Waals surface area contributed by atoms with E-state index in [0.29, 0.717) is 17.4 Å². The largest absolute Gasteiger partial charge is 0.473 e. The van der Waals surface area contributed by atoms with E-state index < -0.39 is 0 Å². The summed E-state index contributed by atoms with van der Waals surface area (Å²) in [5.74, 6) is 0.600. The molecule has 2 rings (SSSR count). The number of aromatic nitrogens is 3. The van der Waals surface area contributed by atoms with Crippen molar-refractivity contribution in [1.29, 1.82) is 0 Å². The Bertz CT molecular complexity index is 610. The first kappa shape index (κ1) is 15.6. The van der Waals surface area contributed by atoms with Gasteiger partial charge in [0.2, 0.25) is 5.88 Å². The number of ether oxygens (including phenoxy) is 1. The van der Waals surface area contributed by atoms with Crippen molar-refractivity contribution < 1.29 is 4.74 Å². The number of halogens is 1. The van der Waals surface area contributed by atoms with Crippen LogP contribution in [0.1, 0.15) is 32.2 Å². The first-order chi connectivity index (χ1) is 10.0. The summed E-state index contributed by atoms with van der Waals surface area (Å²) in [5.41, 5.74) is 2.67. The Labute approximate surface area is 130 Å². The van der Waals surface area contributed by atoms with Gasteiger partial charge in [0, 0.05) is 12.7 Å². The monoisotopic (exact) mass is 308 g/mol. The fourth-order valence-electron chi connectivity index (χ4n) is 2.06. The minimum Gasteiger partial charge on any atom is -0.473 e. The number of aryl methyl sites for hydroxylation is 2.